The number of aromatic nitrogens is 2. The fourth-order valence-corrected chi connectivity index (χ4v) is 2.14. The number of nitrogens with one attached hydrogen (secondary N) is 2. The minimum atomic E-state index is -0.514. The molecule has 21 heavy (non-hydrogen) atoms. The monoisotopic (exact) mass is 281 g/mol. The molecular formula is C16H15N3O2. The minimum Gasteiger partial charge on any atom is -0.450 e. The number of aromatic amines is 1. The Bertz CT molecular complexity index is 766. The summed E-state index contributed by atoms with van der Waals surface area (Å²) in [5.74, 6) is 0.383. The Balaban J connectivity index is 1.90. The van der Waals surface area contributed by atoms with E-state index in [-0.39, 0.29) is 0 Å². The molecule has 0 aliphatic heterocycles. The van der Waals surface area contributed by atoms with Gasteiger partial charge < -0.3 is 9.72 Å². The van der Waals surface area contributed by atoms with Crippen LogP contribution in [0.2, 0.25) is 0 Å². The molecular weight excluding hydrogens is 266 g/mol. The van der Waals surface area contributed by atoms with E-state index in [4.69, 9.17) is 4.74 Å². The third-order valence-electron chi connectivity index (χ3n) is 3.09. The number of ether oxygens (including phenoxy) is 1. The van der Waals surface area contributed by atoms with Crippen molar-refractivity contribution in [3.8, 4) is 11.1 Å². The van der Waals surface area contributed by atoms with Gasteiger partial charge in [-0.25, -0.2) is 9.78 Å². The molecule has 3 aromatic rings. The molecule has 0 bridgehead atoms. The quantitative estimate of drug-likeness (QED) is 0.767. The molecule has 2 N–H and O–H groups in total. The summed E-state index contributed by atoms with van der Waals surface area (Å²) in [5, 5.41) is 2.56. The second-order valence-corrected chi connectivity index (χ2v) is 4.53. The number of hydrogen-bond acceptors (Lipinski definition) is 3. The zero-order valence-corrected chi connectivity index (χ0v) is 11.6. The van der Waals surface area contributed by atoms with Crippen LogP contribution >= 0.6 is 0 Å². The fourth-order valence-electron chi connectivity index (χ4n) is 2.14. The Hall–Kier alpha value is -2.82. The molecule has 1 aromatic heterocycles. The van der Waals surface area contributed by atoms with Crippen LogP contribution in [0, 0.1) is 0 Å². The van der Waals surface area contributed by atoms with Gasteiger partial charge in [0.15, 0.2) is 0 Å². The van der Waals surface area contributed by atoms with Gasteiger partial charge >= 0.3 is 6.09 Å². The third-order valence-corrected chi connectivity index (χ3v) is 3.09. The number of benzene rings is 2. The highest BCUT2D eigenvalue weighted by molar-refractivity contribution is 5.88. The molecule has 0 aliphatic carbocycles. The van der Waals surface area contributed by atoms with Crippen molar-refractivity contribution in [1.82, 2.24) is 9.97 Å². The number of amides is 1. The first-order chi connectivity index (χ1) is 10.3. The van der Waals surface area contributed by atoms with Crippen LogP contribution in [-0.4, -0.2) is 22.7 Å². The fraction of sp³-hybridized carbons (Fsp3) is 0.125. The van der Waals surface area contributed by atoms with Crippen LogP contribution in [0.5, 0.6) is 0 Å². The highest BCUT2D eigenvalue weighted by atomic mass is 16.5. The normalized spacial score (nSPS) is 10.5. The molecule has 2 aromatic carbocycles. The van der Waals surface area contributed by atoms with Crippen molar-refractivity contribution in [3.63, 3.8) is 0 Å². The van der Waals surface area contributed by atoms with E-state index in [1.54, 1.807) is 6.92 Å². The highest BCUT2D eigenvalue weighted by Gasteiger charge is 2.08. The van der Waals surface area contributed by atoms with E-state index in [1.165, 1.54) is 0 Å². The summed E-state index contributed by atoms with van der Waals surface area (Å²) in [6, 6.07) is 16.0. The van der Waals surface area contributed by atoms with Crippen molar-refractivity contribution in [3.05, 3.63) is 48.5 Å². The number of nitrogens with zero attached hydrogens (tertiary/aromatic N) is 1. The van der Waals surface area contributed by atoms with E-state index in [9.17, 15) is 4.79 Å². The van der Waals surface area contributed by atoms with Crippen molar-refractivity contribution in [2.24, 2.45) is 0 Å². The predicted octanol–water partition coefficient (Wildman–Crippen LogP) is 3.80. The van der Waals surface area contributed by atoms with Crippen molar-refractivity contribution in [2.45, 2.75) is 6.92 Å². The second kappa shape index (κ2) is 5.66. The van der Waals surface area contributed by atoms with Crippen molar-refractivity contribution in [1.29, 1.82) is 0 Å². The summed E-state index contributed by atoms with van der Waals surface area (Å²) >= 11 is 0. The SMILES string of the molecule is CCOC(=O)Nc1nc2cc(-c3ccccc3)ccc2[nH]1. The molecule has 1 heterocycles. The maximum absolute atomic E-state index is 11.4. The highest BCUT2D eigenvalue weighted by Crippen LogP contribution is 2.24. The average molecular weight is 281 g/mol. The summed E-state index contributed by atoms with van der Waals surface area (Å²) < 4.78 is 4.82. The van der Waals surface area contributed by atoms with Crippen LogP contribution in [-0.2, 0) is 4.74 Å². The zero-order valence-electron chi connectivity index (χ0n) is 11.6. The van der Waals surface area contributed by atoms with Crippen molar-refractivity contribution < 1.29 is 9.53 Å². The number of fused-ring (bicyclic) bond motifs is 1. The molecule has 0 atom stereocenters. The lowest BCUT2D eigenvalue weighted by atomic mass is 10.1. The molecule has 0 saturated heterocycles. The van der Waals surface area contributed by atoms with Gasteiger partial charge in [0.1, 0.15) is 0 Å². The Morgan fingerprint density at radius 1 is 1.19 bits per heavy atom. The first-order valence-electron chi connectivity index (χ1n) is 6.75. The second-order valence-electron chi connectivity index (χ2n) is 4.53. The van der Waals surface area contributed by atoms with Gasteiger partial charge in [-0.05, 0) is 30.2 Å². The summed E-state index contributed by atoms with van der Waals surface area (Å²) in [6.07, 6.45) is -0.514. The number of imidazole rings is 1. The largest absolute Gasteiger partial charge is 0.450 e. The summed E-state index contributed by atoms with van der Waals surface area (Å²) in [4.78, 5) is 18.8. The van der Waals surface area contributed by atoms with E-state index in [0.717, 1.165) is 22.2 Å². The number of hydrogen-bond donors (Lipinski definition) is 2. The Morgan fingerprint density at radius 3 is 2.76 bits per heavy atom. The van der Waals surface area contributed by atoms with E-state index in [0.29, 0.717) is 12.6 Å². The van der Waals surface area contributed by atoms with Gasteiger partial charge in [-0.3, -0.25) is 5.32 Å². The predicted molar refractivity (Wildman–Crippen MR) is 82.2 cm³/mol. The van der Waals surface area contributed by atoms with Crippen LogP contribution in [0.1, 0.15) is 6.92 Å². The lowest BCUT2D eigenvalue weighted by Gasteiger charge is -2.00. The summed E-state index contributed by atoms with van der Waals surface area (Å²) in [6.45, 7) is 2.08. The van der Waals surface area contributed by atoms with Gasteiger partial charge in [-0.15, -0.1) is 0 Å². The molecule has 0 aliphatic rings. The van der Waals surface area contributed by atoms with Crippen LogP contribution < -0.4 is 5.32 Å². The van der Waals surface area contributed by atoms with Gasteiger partial charge in [0, 0.05) is 0 Å². The van der Waals surface area contributed by atoms with Crippen LogP contribution in [0.3, 0.4) is 0 Å². The number of carbonyl (C=O) groups is 1. The smallest absolute Gasteiger partial charge is 0.413 e. The van der Waals surface area contributed by atoms with Crippen molar-refractivity contribution >= 4 is 23.1 Å². The molecule has 0 radical (unpaired) electrons. The van der Waals surface area contributed by atoms with E-state index in [2.05, 4.69) is 15.3 Å². The topological polar surface area (TPSA) is 67.0 Å². The van der Waals surface area contributed by atoms with E-state index < -0.39 is 6.09 Å². The lowest BCUT2D eigenvalue weighted by Crippen LogP contribution is -2.14. The molecule has 1 amide bonds. The first-order valence-corrected chi connectivity index (χ1v) is 6.75. The molecule has 0 fully saturated rings. The van der Waals surface area contributed by atoms with Gasteiger partial charge in [0.25, 0.3) is 0 Å². The number of H-pyrrole nitrogens is 1. The molecule has 106 valence electrons. The maximum atomic E-state index is 11.4. The molecule has 0 saturated carbocycles. The Morgan fingerprint density at radius 2 is 2.00 bits per heavy atom. The molecule has 0 unspecified atom stereocenters. The van der Waals surface area contributed by atoms with Crippen LogP contribution in [0.25, 0.3) is 22.2 Å². The lowest BCUT2D eigenvalue weighted by molar-refractivity contribution is 0.167. The van der Waals surface area contributed by atoms with Gasteiger partial charge in [-0.2, -0.15) is 0 Å². The van der Waals surface area contributed by atoms with Gasteiger partial charge in [-0.1, -0.05) is 36.4 Å². The standard InChI is InChI=1S/C16H15N3O2/c1-2-21-16(20)19-15-17-13-9-8-12(10-14(13)18-15)11-6-4-3-5-7-11/h3-10H,2H2,1H3,(H2,17,18,19,20). The van der Waals surface area contributed by atoms with E-state index in [1.807, 2.05) is 48.5 Å². The van der Waals surface area contributed by atoms with Crippen LogP contribution in [0.4, 0.5) is 10.7 Å². The summed E-state index contributed by atoms with van der Waals surface area (Å²) in [5.41, 5.74) is 3.87. The molecule has 5 nitrogen and oxygen atoms in total. The average Bonchev–Trinajstić information content (AvgIpc) is 2.89. The zero-order chi connectivity index (χ0) is 14.7. The Kier molecular flexibility index (Phi) is 3.55. The number of anilines is 1. The summed E-state index contributed by atoms with van der Waals surface area (Å²) in [7, 11) is 0. The van der Waals surface area contributed by atoms with Gasteiger partial charge in [0.2, 0.25) is 5.95 Å². The maximum Gasteiger partial charge on any atom is 0.413 e. The van der Waals surface area contributed by atoms with Gasteiger partial charge in [0.05, 0.1) is 17.6 Å². The third kappa shape index (κ3) is 2.86. The van der Waals surface area contributed by atoms with Crippen molar-refractivity contribution in [2.75, 3.05) is 11.9 Å². The Labute approximate surface area is 122 Å². The molecule has 3 rings (SSSR count). The molecule has 0 spiro atoms. The number of rotatable bonds is 3. The first kappa shape index (κ1) is 13.2. The minimum absolute atomic E-state index is 0.324. The van der Waals surface area contributed by atoms with E-state index >= 15 is 0 Å². The molecule has 5 heteroatoms. The van der Waals surface area contributed by atoms with Crippen LogP contribution in [0.15, 0.2) is 48.5 Å². The number of carbonyl (C=O) groups excluding carboxylic acids is 1.